The predicted octanol–water partition coefficient (Wildman–Crippen LogP) is 2.26. The Morgan fingerprint density at radius 2 is 2.19 bits per heavy atom. The molecule has 0 saturated heterocycles. The Morgan fingerprint density at radius 1 is 1.50 bits per heavy atom. The van der Waals surface area contributed by atoms with Crippen LogP contribution in [-0.4, -0.2) is 29.5 Å². The van der Waals surface area contributed by atoms with Crippen LogP contribution < -0.4 is 5.73 Å². The van der Waals surface area contributed by atoms with E-state index < -0.39 is 0 Å². The van der Waals surface area contributed by atoms with Gasteiger partial charge in [0.15, 0.2) is 0 Å². The third-order valence-corrected chi connectivity index (χ3v) is 3.53. The van der Waals surface area contributed by atoms with Crippen LogP contribution in [0.4, 0.5) is 0 Å². The molecule has 3 nitrogen and oxygen atoms in total. The average molecular weight is 241 g/mol. The van der Waals surface area contributed by atoms with Gasteiger partial charge in [-0.2, -0.15) is 0 Å². The average Bonchev–Trinajstić information content (AvgIpc) is 2.63. The zero-order chi connectivity index (χ0) is 12.2. The summed E-state index contributed by atoms with van der Waals surface area (Å²) in [5, 5.41) is 3.29. The molecule has 2 N–H and O–H groups in total. The number of aryl methyl sites for hydroxylation is 1. The number of rotatable bonds is 6. The summed E-state index contributed by atoms with van der Waals surface area (Å²) in [6, 6.07) is 0. The molecular weight excluding hydrogens is 218 g/mol. The van der Waals surface area contributed by atoms with E-state index in [0.29, 0.717) is 0 Å². The van der Waals surface area contributed by atoms with Crippen molar-refractivity contribution < 1.29 is 0 Å². The lowest BCUT2D eigenvalue weighted by molar-refractivity contribution is 0.182. The normalized spacial score (nSPS) is 12.4. The maximum absolute atomic E-state index is 5.77. The van der Waals surface area contributed by atoms with Crippen molar-refractivity contribution in [2.45, 2.75) is 34.2 Å². The van der Waals surface area contributed by atoms with Gasteiger partial charge in [-0.3, -0.25) is 4.90 Å². The summed E-state index contributed by atoms with van der Waals surface area (Å²) in [4.78, 5) is 6.90. The molecule has 0 fully saturated rings. The van der Waals surface area contributed by atoms with Gasteiger partial charge in [0.25, 0.3) is 0 Å². The van der Waals surface area contributed by atoms with E-state index in [1.165, 1.54) is 5.69 Å². The highest BCUT2D eigenvalue weighted by Crippen LogP contribution is 2.17. The molecular formula is C12H23N3S. The summed E-state index contributed by atoms with van der Waals surface area (Å²) in [6.45, 7) is 12.4. The van der Waals surface area contributed by atoms with Gasteiger partial charge in [-0.1, -0.05) is 20.8 Å². The van der Waals surface area contributed by atoms with Crippen molar-refractivity contribution >= 4 is 11.3 Å². The first kappa shape index (κ1) is 13.6. The Morgan fingerprint density at radius 3 is 2.62 bits per heavy atom. The lowest BCUT2D eigenvalue weighted by Crippen LogP contribution is -2.38. The van der Waals surface area contributed by atoms with E-state index in [9.17, 15) is 0 Å². The molecule has 0 aliphatic heterocycles. The van der Waals surface area contributed by atoms with Crippen LogP contribution in [0.3, 0.4) is 0 Å². The molecule has 1 rings (SSSR count). The molecule has 0 radical (unpaired) electrons. The molecule has 0 saturated carbocycles. The quantitative estimate of drug-likeness (QED) is 0.830. The fourth-order valence-electron chi connectivity index (χ4n) is 1.66. The molecule has 1 heterocycles. The molecule has 1 aromatic rings. The van der Waals surface area contributed by atoms with Gasteiger partial charge >= 0.3 is 0 Å². The van der Waals surface area contributed by atoms with Crippen molar-refractivity contribution in [3.05, 3.63) is 16.1 Å². The summed E-state index contributed by atoms with van der Waals surface area (Å²) in [7, 11) is 0. The maximum Gasteiger partial charge on any atom is 0.0897 e. The molecule has 0 amide bonds. The molecule has 0 unspecified atom stereocenters. The zero-order valence-electron chi connectivity index (χ0n) is 10.8. The minimum absolute atomic E-state index is 0.182. The highest BCUT2D eigenvalue weighted by Gasteiger charge is 2.19. The second-order valence-corrected chi connectivity index (χ2v) is 6.09. The topological polar surface area (TPSA) is 42.2 Å². The van der Waals surface area contributed by atoms with Crippen molar-refractivity contribution in [3.63, 3.8) is 0 Å². The number of hydrogen-bond acceptors (Lipinski definition) is 4. The minimum atomic E-state index is 0.182. The number of hydrogen-bond donors (Lipinski definition) is 1. The fourth-order valence-corrected chi connectivity index (χ4v) is 2.26. The van der Waals surface area contributed by atoms with Crippen LogP contribution in [0.2, 0.25) is 0 Å². The van der Waals surface area contributed by atoms with Crippen LogP contribution in [0.5, 0.6) is 0 Å². The van der Waals surface area contributed by atoms with Crippen molar-refractivity contribution in [2.75, 3.05) is 19.6 Å². The highest BCUT2D eigenvalue weighted by molar-refractivity contribution is 7.09. The monoisotopic (exact) mass is 241 g/mol. The van der Waals surface area contributed by atoms with Crippen molar-refractivity contribution in [1.82, 2.24) is 9.88 Å². The summed E-state index contributed by atoms with van der Waals surface area (Å²) >= 11 is 1.72. The largest absolute Gasteiger partial charge is 0.330 e. The molecule has 0 atom stereocenters. The van der Waals surface area contributed by atoms with E-state index in [-0.39, 0.29) is 5.41 Å². The Kier molecular flexibility index (Phi) is 4.89. The number of aromatic nitrogens is 1. The summed E-state index contributed by atoms with van der Waals surface area (Å²) in [6.07, 6.45) is 0. The molecule has 92 valence electrons. The molecule has 4 heteroatoms. The van der Waals surface area contributed by atoms with Crippen molar-refractivity contribution in [2.24, 2.45) is 11.1 Å². The molecule has 0 aliphatic carbocycles. The van der Waals surface area contributed by atoms with E-state index in [0.717, 1.165) is 31.2 Å². The molecule has 16 heavy (non-hydrogen) atoms. The van der Waals surface area contributed by atoms with Crippen LogP contribution in [0.15, 0.2) is 5.38 Å². The molecule has 0 aliphatic rings. The fraction of sp³-hybridized carbons (Fsp3) is 0.750. The third kappa shape index (κ3) is 4.20. The van der Waals surface area contributed by atoms with E-state index in [2.05, 4.69) is 36.0 Å². The number of thiazole rings is 1. The van der Waals surface area contributed by atoms with Crippen molar-refractivity contribution in [1.29, 1.82) is 0 Å². The molecule has 0 spiro atoms. The van der Waals surface area contributed by atoms with Gasteiger partial charge in [0, 0.05) is 18.5 Å². The summed E-state index contributed by atoms with van der Waals surface area (Å²) in [5.74, 6) is 0. The predicted molar refractivity (Wildman–Crippen MR) is 70.6 cm³/mol. The third-order valence-electron chi connectivity index (χ3n) is 2.70. The Labute approximate surface area is 103 Å². The van der Waals surface area contributed by atoms with Gasteiger partial charge in [-0.25, -0.2) is 4.98 Å². The molecule has 1 aromatic heterocycles. The highest BCUT2D eigenvalue weighted by atomic mass is 32.1. The van der Waals surface area contributed by atoms with Gasteiger partial charge < -0.3 is 5.73 Å². The van der Waals surface area contributed by atoms with Gasteiger partial charge in [-0.15, -0.1) is 11.3 Å². The first-order chi connectivity index (χ1) is 7.46. The number of nitrogens with two attached hydrogens (primary N) is 1. The SMILES string of the molecule is CCN(Cc1csc(C)n1)CC(C)(C)CN. The van der Waals surface area contributed by atoms with E-state index in [1.54, 1.807) is 11.3 Å². The standard InChI is InChI=1S/C12H23N3S/c1-5-15(9-12(3,4)8-13)6-11-7-16-10(2)14-11/h7H,5-6,8-9,13H2,1-4H3. The number of nitrogens with zero attached hydrogens (tertiary/aromatic N) is 2. The first-order valence-corrected chi connectivity index (χ1v) is 6.68. The van der Waals surface area contributed by atoms with Gasteiger partial charge in [0.1, 0.15) is 0 Å². The lowest BCUT2D eigenvalue weighted by atomic mass is 9.93. The van der Waals surface area contributed by atoms with Crippen LogP contribution in [-0.2, 0) is 6.54 Å². The first-order valence-electron chi connectivity index (χ1n) is 5.80. The lowest BCUT2D eigenvalue weighted by Gasteiger charge is -2.30. The molecule has 0 aromatic carbocycles. The van der Waals surface area contributed by atoms with Crippen molar-refractivity contribution in [3.8, 4) is 0 Å². The second kappa shape index (κ2) is 5.75. The minimum Gasteiger partial charge on any atom is -0.330 e. The summed E-state index contributed by atoms with van der Waals surface area (Å²) in [5.41, 5.74) is 7.13. The van der Waals surface area contributed by atoms with Crippen LogP contribution in [0.25, 0.3) is 0 Å². The van der Waals surface area contributed by atoms with Crippen LogP contribution in [0, 0.1) is 12.3 Å². The van der Waals surface area contributed by atoms with E-state index in [4.69, 9.17) is 5.73 Å². The Hall–Kier alpha value is -0.450. The van der Waals surface area contributed by atoms with Gasteiger partial charge in [0.05, 0.1) is 10.7 Å². The molecule has 0 bridgehead atoms. The van der Waals surface area contributed by atoms with Crippen LogP contribution >= 0.6 is 11.3 Å². The smallest absolute Gasteiger partial charge is 0.0897 e. The van der Waals surface area contributed by atoms with E-state index in [1.807, 2.05) is 6.92 Å². The second-order valence-electron chi connectivity index (χ2n) is 5.03. The van der Waals surface area contributed by atoms with Gasteiger partial charge in [-0.05, 0) is 25.4 Å². The summed E-state index contributed by atoms with van der Waals surface area (Å²) < 4.78 is 0. The van der Waals surface area contributed by atoms with Gasteiger partial charge in [0.2, 0.25) is 0 Å². The maximum atomic E-state index is 5.77. The van der Waals surface area contributed by atoms with Crippen LogP contribution in [0.1, 0.15) is 31.5 Å². The Bertz CT molecular complexity index is 320. The Balaban J connectivity index is 2.55. The zero-order valence-corrected chi connectivity index (χ0v) is 11.6. The van der Waals surface area contributed by atoms with E-state index >= 15 is 0 Å².